The molecule has 0 unspecified atom stereocenters. The summed E-state index contributed by atoms with van der Waals surface area (Å²) < 4.78 is 11.3. The van der Waals surface area contributed by atoms with Crippen molar-refractivity contribution in [3.63, 3.8) is 0 Å². The number of hydrogen-bond acceptors (Lipinski definition) is 5. The maximum atomic E-state index is 11.8. The van der Waals surface area contributed by atoms with Crippen LogP contribution in [0.3, 0.4) is 0 Å². The van der Waals surface area contributed by atoms with E-state index in [-0.39, 0.29) is 0 Å². The summed E-state index contributed by atoms with van der Waals surface area (Å²) in [5, 5.41) is 9.68. The Kier molecular flexibility index (Phi) is 15.2. The summed E-state index contributed by atoms with van der Waals surface area (Å²) in [4.78, 5) is 20.6. The zero-order valence-electron chi connectivity index (χ0n) is 22.2. The van der Waals surface area contributed by atoms with Gasteiger partial charge in [0.1, 0.15) is 0 Å². The Hall–Kier alpha value is -2.73. The number of carboxylic acids is 1. The molecule has 0 aliphatic carbocycles. The zero-order valence-corrected chi connectivity index (χ0v) is 22.2. The second-order valence-electron chi connectivity index (χ2n) is 9.17. The van der Waals surface area contributed by atoms with Crippen LogP contribution in [0.1, 0.15) is 96.5 Å². The summed E-state index contributed by atoms with van der Waals surface area (Å²) in [5.74, 6) is 0.335. The molecular formula is C30H44N2O4. The predicted octanol–water partition coefficient (Wildman–Crippen LogP) is 7.73. The van der Waals surface area contributed by atoms with Crippen molar-refractivity contribution in [3.8, 4) is 17.1 Å². The summed E-state index contributed by atoms with van der Waals surface area (Å²) in [5.41, 5.74) is 1.90. The van der Waals surface area contributed by atoms with Gasteiger partial charge in [0.2, 0.25) is 0 Å². The molecule has 2 aromatic rings. The predicted molar refractivity (Wildman–Crippen MR) is 146 cm³/mol. The van der Waals surface area contributed by atoms with E-state index in [9.17, 15) is 9.90 Å². The Morgan fingerprint density at radius 2 is 1.42 bits per heavy atom. The Bertz CT molecular complexity index is 879. The van der Waals surface area contributed by atoms with Gasteiger partial charge >= 0.3 is 5.97 Å². The lowest BCUT2D eigenvalue weighted by molar-refractivity contribution is -0.130. The fraction of sp³-hybridized carbons (Fsp3) is 0.567. The van der Waals surface area contributed by atoms with E-state index in [1.807, 2.05) is 30.3 Å². The van der Waals surface area contributed by atoms with Crippen LogP contribution in [0.25, 0.3) is 17.0 Å². The third kappa shape index (κ3) is 11.8. The minimum atomic E-state index is -0.893. The topological polar surface area (TPSA) is 81.5 Å². The van der Waals surface area contributed by atoms with Gasteiger partial charge in [-0.15, -0.1) is 0 Å². The number of carboxylic acid groups (broad SMARTS) is 1. The zero-order chi connectivity index (χ0) is 25.8. The number of allylic oxidation sites excluding steroid dienone is 1. The maximum absolute atomic E-state index is 11.8. The van der Waals surface area contributed by atoms with E-state index in [1.54, 1.807) is 12.4 Å². The average molecular weight is 497 g/mol. The molecule has 2 rings (SSSR count). The van der Waals surface area contributed by atoms with Crippen molar-refractivity contribution in [1.29, 1.82) is 0 Å². The van der Waals surface area contributed by atoms with Crippen LogP contribution in [-0.4, -0.2) is 40.9 Å². The molecule has 1 N–H and O–H groups in total. The number of nitrogens with zero attached hydrogens (tertiary/aromatic N) is 2. The van der Waals surface area contributed by atoms with Gasteiger partial charge in [-0.25, -0.2) is 14.8 Å². The first-order chi connectivity index (χ1) is 17.7. The van der Waals surface area contributed by atoms with Crippen molar-refractivity contribution in [2.24, 2.45) is 0 Å². The number of aromatic nitrogens is 2. The van der Waals surface area contributed by atoms with Gasteiger partial charge in [0.05, 0.1) is 24.6 Å². The minimum Gasteiger partial charge on any atom is -0.490 e. The van der Waals surface area contributed by atoms with Gasteiger partial charge in [0.15, 0.2) is 11.6 Å². The van der Waals surface area contributed by atoms with Crippen molar-refractivity contribution < 1.29 is 19.4 Å². The molecule has 0 amide bonds. The molecule has 0 spiro atoms. The van der Waals surface area contributed by atoms with Crippen molar-refractivity contribution in [1.82, 2.24) is 9.97 Å². The molecule has 0 aliphatic rings. The first-order valence-corrected chi connectivity index (χ1v) is 13.7. The van der Waals surface area contributed by atoms with Gasteiger partial charge in [-0.3, -0.25) is 0 Å². The van der Waals surface area contributed by atoms with Crippen LogP contribution in [0.4, 0.5) is 0 Å². The standard InChI is InChI=1S/C30H44N2O4/c1-3-5-7-8-9-10-11-12-15-28(30(33)34)25-16-18-26(19-17-25)29-31-23-27(24-32-29)36-22-14-13-21-35-20-6-4-2/h15-19,23-24H,3-14,20-22H2,1-2H3,(H,33,34). The molecule has 0 saturated carbocycles. The molecule has 0 saturated heterocycles. The Morgan fingerprint density at radius 3 is 2.08 bits per heavy atom. The van der Waals surface area contributed by atoms with E-state index >= 15 is 0 Å². The highest BCUT2D eigenvalue weighted by Gasteiger charge is 2.11. The molecular weight excluding hydrogens is 452 g/mol. The van der Waals surface area contributed by atoms with E-state index < -0.39 is 5.97 Å². The van der Waals surface area contributed by atoms with Crippen LogP contribution in [0.15, 0.2) is 42.7 Å². The summed E-state index contributed by atoms with van der Waals surface area (Å²) in [6.45, 7) is 6.59. The fourth-order valence-electron chi connectivity index (χ4n) is 3.86. The van der Waals surface area contributed by atoms with Gasteiger partial charge in [-0.1, -0.05) is 89.1 Å². The molecule has 6 heteroatoms. The van der Waals surface area contributed by atoms with Crippen LogP contribution in [0, 0.1) is 0 Å². The highest BCUT2D eigenvalue weighted by molar-refractivity contribution is 6.15. The van der Waals surface area contributed by atoms with Crippen LogP contribution in [0.5, 0.6) is 5.75 Å². The molecule has 0 bridgehead atoms. The van der Waals surface area contributed by atoms with Crippen molar-refractivity contribution in [3.05, 3.63) is 48.3 Å². The summed E-state index contributed by atoms with van der Waals surface area (Å²) >= 11 is 0. The number of ether oxygens (including phenoxy) is 2. The smallest absolute Gasteiger partial charge is 0.335 e. The molecule has 0 aliphatic heterocycles. The molecule has 0 atom stereocenters. The first-order valence-electron chi connectivity index (χ1n) is 13.7. The Morgan fingerprint density at radius 1 is 0.806 bits per heavy atom. The maximum Gasteiger partial charge on any atom is 0.335 e. The van der Waals surface area contributed by atoms with Gasteiger partial charge in [0.25, 0.3) is 0 Å². The van der Waals surface area contributed by atoms with Gasteiger partial charge in [-0.2, -0.15) is 0 Å². The quantitative estimate of drug-likeness (QED) is 0.149. The van der Waals surface area contributed by atoms with Crippen LogP contribution >= 0.6 is 0 Å². The number of unbranched alkanes of at least 4 members (excludes halogenated alkanes) is 9. The number of rotatable bonds is 20. The fourth-order valence-corrected chi connectivity index (χ4v) is 3.86. The molecule has 36 heavy (non-hydrogen) atoms. The lowest BCUT2D eigenvalue weighted by Gasteiger charge is -2.08. The highest BCUT2D eigenvalue weighted by Crippen LogP contribution is 2.22. The second kappa shape index (κ2) is 18.5. The highest BCUT2D eigenvalue weighted by atomic mass is 16.5. The average Bonchev–Trinajstić information content (AvgIpc) is 2.90. The van der Waals surface area contributed by atoms with E-state index in [4.69, 9.17) is 9.47 Å². The Balaban J connectivity index is 1.79. The third-order valence-electron chi connectivity index (χ3n) is 6.06. The lowest BCUT2D eigenvalue weighted by Crippen LogP contribution is -2.02. The van der Waals surface area contributed by atoms with Crippen molar-refractivity contribution >= 4 is 11.5 Å². The number of benzene rings is 1. The summed E-state index contributed by atoms with van der Waals surface area (Å²) in [6.07, 6.45) is 18.7. The van der Waals surface area contributed by atoms with Crippen LogP contribution in [-0.2, 0) is 9.53 Å². The normalized spacial score (nSPS) is 11.6. The second-order valence-corrected chi connectivity index (χ2v) is 9.17. The minimum absolute atomic E-state index is 0.355. The van der Waals surface area contributed by atoms with Crippen LogP contribution < -0.4 is 4.74 Å². The van der Waals surface area contributed by atoms with E-state index in [0.29, 0.717) is 29.3 Å². The van der Waals surface area contributed by atoms with Crippen molar-refractivity contribution in [2.45, 2.75) is 90.9 Å². The van der Waals surface area contributed by atoms with E-state index in [2.05, 4.69) is 23.8 Å². The van der Waals surface area contributed by atoms with Gasteiger partial charge in [-0.05, 0) is 37.7 Å². The number of aliphatic carboxylic acids is 1. The third-order valence-corrected chi connectivity index (χ3v) is 6.06. The molecule has 1 aromatic heterocycles. The largest absolute Gasteiger partial charge is 0.490 e. The van der Waals surface area contributed by atoms with Crippen molar-refractivity contribution in [2.75, 3.05) is 19.8 Å². The Labute approximate surface area is 217 Å². The first kappa shape index (κ1) is 29.5. The van der Waals surface area contributed by atoms with Gasteiger partial charge < -0.3 is 14.6 Å². The molecule has 198 valence electrons. The summed E-state index contributed by atoms with van der Waals surface area (Å²) in [6, 6.07) is 7.40. The number of carbonyl (C=O) groups is 1. The van der Waals surface area contributed by atoms with E-state index in [0.717, 1.165) is 63.7 Å². The molecule has 1 aromatic carbocycles. The molecule has 1 heterocycles. The molecule has 0 radical (unpaired) electrons. The monoisotopic (exact) mass is 496 g/mol. The summed E-state index contributed by atoms with van der Waals surface area (Å²) in [7, 11) is 0. The van der Waals surface area contributed by atoms with E-state index in [1.165, 1.54) is 32.1 Å². The lowest BCUT2D eigenvalue weighted by atomic mass is 10.0. The number of hydrogen-bond donors (Lipinski definition) is 1. The van der Waals surface area contributed by atoms with Gasteiger partial charge in [0, 0.05) is 18.8 Å². The van der Waals surface area contributed by atoms with Crippen LogP contribution in [0.2, 0.25) is 0 Å². The molecule has 6 nitrogen and oxygen atoms in total. The SMILES string of the molecule is CCCCCCCCCC=C(C(=O)O)c1ccc(-c2ncc(OCCCCOCCCC)cn2)cc1. The molecule has 0 fully saturated rings.